The molecule has 0 atom stereocenters. The Bertz CT molecular complexity index is 377. The number of hydrogen-bond acceptors (Lipinski definition) is 3. The summed E-state index contributed by atoms with van der Waals surface area (Å²) in [7, 11) is 0. The molecule has 0 fully saturated rings. The lowest BCUT2D eigenvalue weighted by Crippen LogP contribution is -2.25. The Morgan fingerprint density at radius 3 is 2.74 bits per heavy atom. The zero-order valence-corrected chi connectivity index (χ0v) is 13.1. The van der Waals surface area contributed by atoms with Crippen molar-refractivity contribution >= 4 is 41.7 Å². The van der Waals surface area contributed by atoms with Gasteiger partial charge in [-0.2, -0.15) is 0 Å². The van der Waals surface area contributed by atoms with Crippen molar-refractivity contribution in [3.05, 3.63) is 29.3 Å². The van der Waals surface area contributed by atoms with Crippen molar-refractivity contribution in [2.45, 2.75) is 24.2 Å². The van der Waals surface area contributed by atoms with Gasteiger partial charge in [0, 0.05) is 23.6 Å². The number of benzene rings is 1. The molecule has 6 heteroatoms. The second-order valence-corrected chi connectivity index (χ2v) is 5.42. The highest BCUT2D eigenvalue weighted by atomic mass is 35.5. The molecule has 0 aliphatic heterocycles. The van der Waals surface area contributed by atoms with Gasteiger partial charge in [-0.1, -0.05) is 23.7 Å². The summed E-state index contributed by atoms with van der Waals surface area (Å²) < 4.78 is 0. The predicted molar refractivity (Wildman–Crippen MR) is 85.3 cm³/mol. The van der Waals surface area contributed by atoms with E-state index in [1.807, 2.05) is 24.3 Å². The van der Waals surface area contributed by atoms with Crippen LogP contribution >= 0.6 is 35.8 Å². The van der Waals surface area contributed by atoms with Crippen LogP contribution in [0, 0.1) is 0 Å². The minimum absolute atomic E-state index is 0. The zero-order valence-electron chi connectivity index (χ0n) is 10.7. The molecule has 1 aromatic rings. The maximum Gasteiger partial charge on any atom is 0.220 e. The fourth-order valence-electron chi connectivity index (χ4n) is 1.40. The number of halogens is 2. The highest BCUT2D eigenvalue weighted by Gasteiger charge is 2.03. The average molecular weight is 323 g/mol. The minimum Gasteiger partial charge on any atom is -0.356 e. The van der Waals surface area contributed by atoms with Crippen LogP contribution in [0.15, 0.2) is 29.2 Å². The molecule has 3 nitrogen and oxygen atoms in total. The van der Waals surface area contributed by atoms with E-state index in [1.54, 1.807) is 11.8 Å². The van der Waals surface area contributed by atoms with Gasteiger partial charge >= 0.3 is 0 Å². The number of nitrogens with one attached hydrogen (secondary N) is 1. The van der Waals surface area contributed by atoms with Crippen LogP contribution in [0.2, 0.25) is 5.02 Å². The van der Waals surface area contributed by atoms with Gasteiger partial charge in [-0.25, -0.2) is 0 Å². The second-order valence-electron chi connectivity index (χ2n) is 3.87. The first-order valence-electron chi connectivity index (χ1n) is 6.08. The van der Waals surface area contributed by atoms with Crippen LogP contribution in [-0.4, -0.2) is 24.7 Å². The molecule has 0 bridgehead atoms. The first kappa shape index (κ1) is 18.6. The fourth-order valence-corrected chi connectivity index (χ4v) is 2.59. The van der Waals surface area contributed by atoms with Gasteiger partial charge < -0.3 is 11.1 Å². The number of nitrogens with two attached hydrogens (primary N) is 1. The Morgan fingerprint density at radius 2 is 2.05 bits per heavy atom. The number of carbonyl (C=O) groups excluding carboxylic acids is 1. The average Bonchev–Trinajstić information content (AvgIpc) is 2.37. The number of amides is 1. The molecular weight excluding hydrogens is 303 g/mol. The molecule has 0 radical (unpaired) electrons. The quantitative estimate of drug-likeness (QED) is 0.571. The Hall–Kier alpha value is -0.420. The van der Waals surface area contributed by atoms with Crippen LogP contribution in [0.1, 0.15) is 19.3 Å². The smallest absolute Gasteiger partial charge is 0.220 e. The topological polar surface area (TPSA) is 55.1 Å². The molecule has 108 valence electrons. The molecule has 0 aromatic heterocycles. The molecular formula is C13H20Cl2N2OS. The summed E-state index contributed by atoms with van der Waals surface area (Å²) in [6.07, 6.45) is 2.41. The van der Waals surface area contributed by atoms with Gasteiger partial charge in [-0.05, 0) is 31.5 Å². The minimum atomic E-state index is 0. The van der Waals surface area contributed by atoms with Gasteiger partial charge in [-0.15, -0.1) is 24.2 Å². The van der Waals surface area contributed by atoms with Crippen LogP contribution in [-0.2, 0) is 4.79 Å². The molecule has 0 saturated heterocycles. The number of thioether (sulfide) groups is 1. The van der Waals surface area contributed by atoms with Crippen LogP contribution in [0.3, 0.4) is 0 Å². The monoisotopic (exact) mass is 322 g/mol. The summed E-state index contributed by atoms with van der Waals surface area (Å²) in [5.41, 5.74) is 5.38. The number of rotatable bonds is 8. The molecule has 1 rings (SSSR count). The number of hydrogen-bond donors (Lipinski definition) is 2. The van der Waals surface area contributed by atoms with Crippen molar-refractivity contribution in [3.63, 3.8) is 0 Å². The fraction of sp³-hybridized carbons (Fsp3) is 0.462. The van der Waals surface area contributed by atoms with Gasteiger partial charge in [0.2, 0.25) is 5.91 Å². The lowest BCUT2D eigenvalue weighted by Gasteiger charge is -2.05. The van der Waals surface area contributed by atoms with Crippen molar-refractivity contribution in [1.29, 1.82) is 0 Å². The molecule has 1 aromatic carbocycles. The third kappa shape index (κ3) is 8.37. The molecule has 19 heavy (non-hydrogen) atoms. The van der Waals surface area contributed by atoms with Crippen LogP contribution in [0.4, 0.5) is 0 Å². The third-order valence-corrected chi connectivity index (χ3v) is 3.89. The van der Waals surface area contributed by atoms with E-state index in [2.05, 4.69) is 5.32 Å². The van der Waals surface area contributed by atoms with Crippen LogP contribution in [0.5, 0.6) is 0 Å². The van der Waals surface area contributed by atoms with E-state index >= 15 is 0 Å². The molecule has 0 unspecified atom stereocenters. The van der Waals surface area contributed by atoms with E-state index in [0.29, 0.717) is 19.5 Å². The van der Waals surface area contributed by atoms with Crippen molar-refractivity contribution in [2.24, 2.45) is 5.73 Å². The standard InChI is InChI=1S/C13H19ClN2OS.ClH/c14-11-5-1-2-6-12(11)18-10-7-13(17)16-9-4-3-8-15;/h1-2,5-6H,3-4,7-10,15H2,(H,16,17);1H. The number of unbranched alkanes of at least 4 members (excludes halogenated alkanes) is 1. The third-order valence-electron chi connectivity index (χ3n) is 2.38. The highest BCUT2D eigenvalue weighted by molar-refractivity contribution is 7.99. The Morgan fingerprint density at radius 1 is 1.32 bits per heavy atom. The summed E-state index contributed by atoms with van der Waals surface area (Å²) in [6, 6.07) is 7.67. The van der Waals surface area contributed by atoms with Gasteiger partial charge in [0.1, 0.15) is 0 Å². The summed E-state index contributed by atoms with van der Waals surface area (Å²) in [5.74, 6) is 0.832. The van der Waals surface area contributed by atoms with Crippen molar-refractivity contribution in [1.82, 2.24) is 5.32 Å². The van der Waals surface area contributed by atoms with Gasteiger partial charge in [0.05, 0.1) is 5.02 Å². The molecule has 0 saturated carbocycles. The van der Waals surface area contributed by atoms with E-state index in [1.165, 1.54) is 0 Å². The van der Waals surface area contributed by atoms with E-state index in [9.17, 15) is 4.79 Å². The number of carbonyl (C=O) groups is 1. The Kier molecular flexibility index (Phi) is 11.2. The van der Waals surface area contributed by atoms with E-state index < -0.39 is 0 Å². The molecule has 1 amide bonds. The summed E-state index contributed by atoms with van der Waals surface area (Å²) in [4.78, 5) is 12.5. The van der Waals surface area contributed by atoms with Gasteiger partial charge in [0.25, 0.3) is 0 Å². The van der Waals surface area contributed by atoms with E-state index in [0.717, 1.165) is 28.5 Å². The maximum atomic E-state index is 11.5. The molecule has 0 heterocycles. The van der Waals surface area contributed by atoms with Gasteiger partial charge in [0.15, 0.2) is 0 Å². The van der Waals surface area contributed by atoms with Crippen molar-refractivity contribution in [3.8, 4) is 0 Å². The van der Waals surface area contributed by atoms with Crippen LogP contribution in [0.25, 0.3) is 0 Å². The SMILES string of the molecule is Cl.NCCCCNC(=O)CCSc1ccccc1Cl. The predicted octanol–water partition coefficient (Wildman–Crippen LogP) is 3.10. The zero-order chi connectivity index (χ0) is 13.2. The molecule has 0 spiro atoms. The molecule has 0 aliphatic carbocycles. The molecule has 3 N–H and O–H groups in total. The van der Waals surface area contributed by atoms with Crippen molar-refractivity contribution in [2.75, 3.05) is 18.8 Å². The largest absolute Gasteiger partial charge is 0.356 e. The van der Waals surface area contributed by atoms with Crippen LogP contribution < -0.4 is 11.1 Å². The summed E-state index contributed by atoms with van der Waals surface area (Å²) in [6.45, 7) is 1.39. The van der Waals surface area contributed by atoms with Gasteiger partial charge in [-0.3, -0.25) is 4.79 Å². The first-order chi connectivity index (χ1) is 8.74. The summed E-state index contributed by atoms with van der Waals surface area (Å²) >= 11 is 7.63. The Balaban J connectivity index is 0.00000324. The van der Waals surface area contributed by atoms with Crippen molar-refractivity contribution < 1.29 is 4.79 Å². The summed E-state index contributed by atoms with van der Waals surface area (Å²) in [5, 5.41) is 3.62. The second kappa shape index (κ2) is 11.4. The van der Waals surface area contributed by atoms with E-state index in [4.69, 9.17) is 17.3 Å². The highest BCUT2D eigenvalue weighted by Crippen LogP contribution is 2.26. The normalized spacial score (nSPS) is 9.79. The lowest BCUT2D eigenvalue weighted by atomic mass is 10.3. The lowest BCUT2D eigenvalue weighted by molar-refractivity contribution is -0.120. The Labute approximate surface area is 130 Å². The first-order valence-corrected chi connectivity index (χ1v) is 7.44. The molecule has 0 aliphatic rings. The maximum absolute atomic E-state index is 11.5. The van der Waals surface area contributed by atoms with E-state index in [-0.39, 0.29) is 18.3 Å².